The normalized spacial score (nSPS) is 12.9. The van der Waals surface area contributed by atoms with E-state index in [1.807, 2.05) is 6.92 Å². The number of benzene rings is 1. The molecule has 0 aliphatic heterocycles. The number of anilines is 1. The molecule has 1 amide bonds. The quantitative estimate of drug-likeness (QED) is 0.840. The van der Waals surface area contributed by atoms with Gasteiger partial charge in [0.25, 0.3) is 0 Å². The zero-order valence-corrected chi connectivity index (χ0v) is 13.2. The Morgan fingerprint density at radius 1 is 1.30 bits per heavy atom. The Balaban J connectivity index is 2.80. The van der Waals surface area contributed by atoms with E-state index in [1.165, 1.54) is 12.1 Å². The highest BCUT2D eigenvalue weighted by Crippen LogP contribution is 2.19. The third-order valence-corrected chi connectivity index (χ3v) is 4.41. The smallest absolute Gasteiger partial charge is 0.227 e. The summed E-state index contributed by atoms with van der Waals surface area (Å²) in [6.07, 6.45) is 4.90. The third kappa shape index (κ3) is 4.96. The second-order valence-electron chi connectivity index (χ2n) is 5.04. The summed E-state index contributed by atoms with van der Waals surface area (Å²) in [6.45, 7) is 4.09. The minimum atomic E-state index is -3.25. The predicted molar refractivity (Wildman–Crippen MR) is 81.5 cm³/mol. The van der Waals surface area contributed by atoms with Gasteiger partial charge >= 0.3 is 0 Å². The molecule has 0 aliphatic carbocycles. The second-order valence-corrected chi connectivity index (χ2v) is 7.05. The van der Waals surface area contributed by atoms with Crippen molar-refractivity contribution in [3.63, 3.8) is 0 Å². The Hall–Kier alpha value is -1.36. The molecule has 1 rings (SSSR count). The maximum atomic E-state index is 12.1. The molecule has 1 unspecified atom stereocenters. The van der Waals surface area contributed by atoms with Gasteiger partial charge in [-0.3, -0.25) is 4.79 Å². The number of carbonyl (C=O) groups excluding carboxylic acids is 1. The molecule has 1 aromatic carbocycles. The number of hydrogen-bond acceptors (Lipinski definition) is 3. The first-order chi connectivity index (χ1) is 9.38. The molecule has 4 nitrogen and oxygen atoms in total. The van der Waals surface area contributed by atoms with Gasteiger partial charge in [-0.25, -0.2) is 8.42 Å². The lowest BCUT2D eigenvalue weighted by Crippen LogP contribution is -2.22. The lowest BCUT2D eigenvalue weighted by Gasteiger charge is -2.15. The van der Waals surface area contributed by atoms with Crippen molar-refractivity contribution in [2.24, 2.45) is 5.92 Å². The molecular formula is C15H23NO3S. The summed E-state index contributed by atoms with van der Waals surface area (Å²) in [5.74, 6) is -0.0524. The molecule has 1 N–H and O–H groups in total. The maximum absolute atomic E-state index is 12.1. The number of rotatable bonds is 7. The van der Waals surface area contributed by atoms with Gasteiger partial charge in [0.2, 0.25) is 5.91 Å². The van der Waals surface area contributed by atoms with E-state index in [0.29, 0.717) is 5.69 Å². The fourth-order valence-corrected chi connectivity index (χ4v) is 2.69. The van der Waals surface area contributed by atoms with Gasteiger partial charge in [0.1, 0.15) is 0 Å². The van der Waals surface area contributed by atoms with Crippen LogP contribution in [0.4, 0.5) is 5.69 Å². The highest BCUT2D eigenvalue weighted by molar-refractivity contribution is 7.90. The van der Waals surface area contributed by atoms with Crippen LogP contribution in [0.3, 0.4) is 0 Å². The van der Waals surface area contributed by atoms with Crippen LogP contribution in [0.2, 0.25) is 0 Å². The van der Waals surface area contributed by atoms with E-state index >= 15 is 0 Å². The molecule has 0 spiro atoms. The number of unbranched alkanes of at least 4 members (excludes halogenated alkanes) is 1. The van der Waals surface area contributed by atoms with Crippen molar-refractivity contribution in [3.8, 4) is 0 Å². The lowest BCUT2D eigenvalue weighted by molar-refractivity contribution is -0.120. The van der Waals surface area contributed by atoms with Gasteiger partial charge in [0.05, 0.1) is 4.90 Å². The minimum Gasteiger partial charge on any atom is -0.326 e. The van der Waals surface area contributed by atoms with Crippen molar-refractivity contribution in [3.05, 3.63) is 24.3 Å². The summed E-state index contributed by atoms with van der Waals surface area (Å²) in [5.41, 5.74) is 0.535. The number of carbonyl (C=O) groups is 1. The van der Waals surface area contributed by atoms with Crippen LogP contribution >= 0.6 is 0 Å². The van der Waals surface area contributed by atoms with Crippen LogP contribution in [0.15, 0.2) is 29.2 Å². The number of sulfone groups is 1. The van der Waals surface area contributed by atoms with E-state index in [-0.39, 0.29) is 16.7 Å². The highest BCUT2D eigenvalue weighted by Gasteiger charge is 2.16. The summed E-state index contributed by atoms with van der Waals surface area (Å²) in [4.78, 5) is 12.4. The number of nitrogens with one attached hydrogen (secondary N) is 1. The molecule has 5 heteroatoms. The van der Waals surface area contributed by atoms with Crippen molar-refractivity contribution in [2.45, 2.75) is 44.4 Å². The molecule has 20 heavy (non-hydrogen) atoms. The second kappa shape index (κ2) is 7.43. The molecular weight excluding hydrogens is 274 g/mol. The molecule has 0 heterocycles. The predicted octanol–water partition coefficient (Wildman–Crippen LogP) is 3.25. The maximum Gasteiger partial charge on any atom is 0.227 e. The zero-order valence-electron chi connectivity index (χ0n) is 12.3. The summed E-state index contributed by atoms with van der Waals surface area (Å²) >= 11 is 0. The first kappa shape index (κ1) is 16.7. The van der Waals surface area contributed by atoms with Crippen LogP contribution in [0.1, 0.15) is 39.5 Å². The number of hydrogen-bond donors (Lipinski definition) is 1. The molecule has 0 fully saturated rings. The van der Waals surface area contributed by atoms with E-state index in [2.05, 4.69) is 12.2 Å². The SMILES string of the molecule is CCCCC(CC)C(=O)Nc1cccc(S(C)(=O)=O)c1. The Labute approximate surface area is 121 Å². The van der Waals surface area contributed by atoms with Gasteiger partial charge in [-0.15, -0.1) is 0 Å². The van der Waals surface area contributed by atoms with Crippen molar-refractivity contribution in [1.82, 2.24) is 0 Å². The Kier molecular flexibility index (Phi) is 6.20. The van der Waals surface area contributed by atoms with E-state index < -0.39 is 9.84 Å². The fraction of sp³-hybridized carbons (Fsp3) is 0.533. The van der Waals surface area contributed by atoms with E-state index in [1.54, 1.807) is 12.1 Å². The van der Waals surface area contributed by atoms with Gasteiger partial charge in [0, 0.05) is 17.9 Å². The van der Waals surface area contributed by atoms with Gasteiger partial charge in [0.15, 0.2) is 9.84 Å². The van der Waals surface area contributed by atoms with E-state index in [0.717, 1.165) is 31.9 Å². The topological polar surface area (TPSA) is 63.2 Å². The van der Waals surface area contributed by atoms with E-state index in [4.69, 9.17) is 0 Å². The van der Waals surface area contributed by atoms with Crippen molar-refractivity contribution >= 4 is 21.4 Å². The summed E-state index contributed by atoms with van der Waals surface area (Å²) in [7, 11) is -3.25. The number of amides is 1. The Morgan fingerprint density at radius 2 is 2.00 bits per heavy atom. The molecule has 0 saturated carbocycles. The van der Waals surface area contributed by atoms with Gasteiger partial charge in [-0.2, -0.15) is 0 Å². The van der Waals surface area contributed by atoms with Crippen LogP contribution in [0, 0.1) is 5.92 Å². The minimum absolute atomic E-state index is 0.0168. The summed E-state index contributed by atoms with van der Waals surface area (Å²) in [5, 5.41) is 2.81. The van der Waals surface area contributed by atoms with Crippen LogP contribution in [-0.4, -0.2) is 20.6 Å². The third-order valence-electron chi connectivity index (χ3n) is 3.30. The first-order valence-electron chi connectivity index (χ1n) is 6.99. The van der Waals surface area contributed by atoms with Crippen LogP contribution in [0.25, 0.3) is 0 Å². The molecule has 112 valence electrons. The highest BCUT2D eigenvalue weighted by atomic mass is 32.2. The molecule has 1 aromatic rings. The average Bonchev–Trinajstić information content (AvgIpc) is 2.39. The first-order valence-corrected chi connectivity index (χ1v) is 8.88. The fourth-order valence-electron chi connectivity index (χ4n) is 2.02. The van der Waals surface area contributed by atoms with Crippen molar-refractivity contribution < 1.29 is 13.2 Å². The van der Waals surface area contributed by atoms with Crippen molar-refractivity contribution in [2.75, 3.05) is 11.6 Å². The Bertz CT molecular complexity index is 552. The van der Waals surface area contributed by atoms with E-state index in [9.17, 15) is 13.2 Å². The lowest BCUT2D eigenvalue weighted by atomic mass is 9.98. The summed E-state index contributed by atoms with van der Waals surface area (Å²) in [6, 6.07) is 6.37. The molecule has 1 atom stereocenters. The van der Waals surface area contributed by atoms with Crippen LogP contribution in [-0.2, 0) is 14.6 Å². The van der Waals surface area contributed by atoms with Crippen LogP contribution < -0.4 is 5.32 Å². The molecule has 0 radical (unpaired) electrons. The van der Waals surface area contributed by atoms with Crippen molar-refractivity contribution in [1.29, 1.82) is 0 Å². The van der Waals surface area contributed by atoms with Gasteiger partial charge < -0.3 is 5.32 Å². The standard InChI is InChI=1S/C15H23NO3S/c1-4-6-8-12(5-2)15(17)16-13-9-7-10-14(11-13)20(3,18)19/h7,9-12H,4-6,8H2,1-3H3,(H,16,17). The monoisotopic (exact) mass is 297 g/mol. The zero-order chi connectivity index (χ0) is 15.2. The molecule has 0 bridgehead atoms. The van der Waals surface area contributed by atoms with Gasteiger partial charge in [-0.1, -0.05) is 32.8 Å². The largest absolute Gasteiger partial charge is 0.326 e. The molecule has 0 saturated heterocycles. The molecule has 0 aromatic heterocycles. The van der Waals surface area contributed by atoms with Gasteiger partial charge in [-0.05, 0) is 31.0 Å². The summed E-state index contributed by atoms with van der Waals surface area (Å²) < 4.78 is 23.0. The Morgan fingerprint density at radius 3 is 2.55 bits per heavy atom. The average molecular weight is 297 g/mol. The molecule has 0 aliphatic rings. The van der Waals surface area contributed by atoms with Crippen LogP contribution in [0.5, 0.6) is 0 Å².